The SMILES string of the molecule is [2H]c1c([2H])c([2H])c(-c2nc(-c3c([2H])c([2H])c([2H])c([2H])c3[2H])nc(-c3c([2H])c([2H])c(-n4c5c([2H])c([2H])c([2H])c([2H])c5c5c([2H])c([2H])c6c(oc7c([2H])c([2H])c([2H])c([2H])c76)c54)c([2H])c3[2H])n2)c([2H])c1[2H].[2H]c1c([2H])c([2H])c2c(oc3c2c([2H])c([2H])c2c4c([2H])c([2H])c([2H])c([2H])c4n(-c4ccc(-c5nc(-c6ccccc6)nc(-c6ccccc6)n5)cc4)c32)c1[2H]. The second kappa shape index (κ2) is 20.9. The Bertz CT molecular complexity index is 7580. The summed E-state index contributed by atoms with van der Waals surface area (Å²) in [4.78, 5) is 27.0. The first-order valence-electron chi connectivity index (χ1n) is 43.5. The van der Waals surface area contributed by atoms with Gasteiger partial charge in [0, 0.05) is 87.8 Å². The number of rotatable bonds is 8. The van der Waals surface area contributed by atoms with Crippen molar-refractivity contribution in [2.75, 3.05) is 0 Å². The lowest BCUT2D eigenvalue weighted by atomic mass is 10.1. The minimum atomic E-state index is -1.01. The lowest BCUT2D eigenvalue weighted by molar-refractivity contribution is 0.670. The summed E-state index contributed by atoms with van der Waals surface area (Å²) in [5.74, 6) is -1.05. The number of benzene rings is 12. The molecule has 0 N–H and O–H groups in total. The van der Waals surface area contributed by atoms with Crippen LogP contribution in [0, 0.1) is 0 Å². The molecule has 0 saturated carbocycles. The molecule has 6 heterocycles. The maximum atomic E-state index is 9.48. The van der Waals surface area contributed by atoms with Gasteiger partial charge < -0.3 is 18.0 Å². The third kappa shape index (κ3) is 8.57. The normalized spacial score (nSPS) is 17.0. The highest BCUT2D eigenvalue weighted by atomic mass is 16.3. The summed E-state index contributed by atoms with van der Waals surface area (Å²) in [6.45, 7) is 0. The Kier molecular flexibility index (Phi) is 6.37. The van der Waals surface area contributed by atoms with Crippen molar-refractivity contribution in [3.8, 4) is 79.7 Å². The first-order chi connectivity index (χ1) is 57.8. The molecule has 0 fully saturated rings. The van der Waals surface area contributed by atoms with E-state index in [0.29, 0.717) is 28.7 Å². The second-order valence-electron chi connectivity index (χ2n) is 19.2. The largest absolute Gasteiger partial charge is 0.454 e. The summed E-state index contributed by atoms with van der Waals surface area (Å²) >= 11 is 0. The Morgan fingerprint density at radius 3 is 1.03 bits per heavy atom. The zero-order valence-corrected chi connectivity index (χ0v) is 44.5. The van der Waals surface area contributed by atoms with Crippen molar-refractivity contribution in [2.24, 2.45) is 0 Å². The Balaban J connectivity index is 0.000000178. The molecular weight excluding hydrogens is 1080 g/mol. The molecule has 6 aromatic heterocycles. The molecule has 18 aromatic rings. The van der Waals surface area contributed by atoms with Crippen molar-refractivity contribution in [1.29, 1.82) is 0 Å². The van der Waals surface area contributed by atoms with E-state index >= 15 is 0 Å². The highest BCUT2D eigenvalue weighted by Gasteiger charge is 2.22. The summed E-state index contributed by atoms with van der Waals surface area (Å²) in [7, 11) is 0. The minimum absolute atomic E-state index is 0.00189. The number of fused-ring (bicyclic) bond motifs is 14. The number of hydrogen-bond acceptors (Lipinski definition) is 8. The molecule has 88 heavy (non-hydrogen) atoms. The fourth-order valence-electron chi connectivity index (χ4n) is 10.3. The van der Waals surface area contributed by atoms with Crippen LogP contribution < -0.4 is 0 Å². The van der Waals surface area contributed by atoms with E-state index in [1.165, 1.54) is 4.57 Å². The van der Waals surface area contributed by atoms with Crippen LogP contribution >= 0.6 is 0 Å². The average Bonchev–Trinajstić information content (AvgIpc) is 1.53. The van der Waals surface area contributed by atoms with Crippen molar-refractivity contribution in [3.63, 3.8) is 0 Å². The molecule has 412 valence electrons. The van der Waals surface area contributed by atoms with E-state index in [9.17, 15) is 8.22 Å². The van der Waals surface area contributed by atoms with Crippen LogP contribution in [0.2, 0.25) is 0 Å². The van der Waals surface area contributed by atoms with Crippen molar-refractivity contribution in [3.05, 3.63) is 290 Å². The molecule has 0 bridgehead atoms. The average molecular weight is 1160 g/mol. The lowest BCUT2D eigenvalue weighted by Gasteiger charge is -2.11. The van der Waals surface area contributed by atoms with Gasteiger partial charge in [-0.05, 0) is 84.7 Å². The number of nitrogens with zero attached hydrogens (tertiary/aromatic N) is 8. The van der Waals surface area contributed by atoms with Crippen molar-refractivity contribution in [2.45, 2.75) is 0 Å². The van der Waals surface area contributed by atoms with Crippen LogP contribution in [0.3, 0.4) is 0 Å². The third-order valence-electron chi connectivity index (χ3n) is 14.2. The Morgan fingerprint density at radius 1 is 0.250 bits per heavy atom. The van der Waals surface area contributed by atoms with E-state index in [-0.39, 0.29) is 66.6 Å². The van der Waals surface area contributed by atoms with Gasteiger partial charge in [-0.25, -0.2) is 29.9 Å². The van der Waals surface area contributed by atoms with Crippen LogP contribution in [0.15, 0.2) is 299 Å². The second-order valence-corrected chi connectivity index (χ2v) is 19.2. The van der Waals surface area contributed by atoms with Crippen LogP contribution in [-0.2, 0) is 0 Å². The van der Waals surface area contributed by atoms with Gasteiger partial charge in [0.1, 0.15) is 11.2 Å². The first kappa shape index (κ1) is 26.8. The number of para-hydroxylation sites is 4. The van der Waals surface area contributed by atoms with E-state index in [1.54, 1.807) is 24.3 Å². The fraction of sp³-hybridized carbons (Fsp3) is 0. The maximum Gasteiger partial charge on any atom is 0.164 e. The molecule has 0 atom stereocenters. The van der Waals surface area contributed by atoms with E-state index in [2.05, 4.69) is 15.0 Å². The predicted molar refractivity (Wildman–Crippen MR) is 356 cm³/mol. The molecule has 0 amide bonds. The van der Waals surface area contributed by atoms with Gasteiger partial charge in [-0.2, -0.15) is 0 Å². The highest BCUT2D eigenvalue weighted by Crippen LogP contribution is 2.43. The van der Waals surface area contributed by atoms with Gasteiger partial charge in [-0.1, -0.05) is 206 Å². The topological polar surface area (TPSA) is 113 Å². The summed E-state index contributed by atoms with van der Waals surface area (Å²) in [6.07, 6.45) is 0. The van der Waals surface area contributed by atoms with Gasteiger partial charge in [-0.3, -0.25) is 0 Å². The van der Waals surface area contributed by atoms with E-state index in [4.69, 9.17) is 62.2 Å². The minimum Gasteiger partial charge on any atom is -0.454 e. The molecule has 10 heteroatoms. The maximum absolute atomic E-state index is 9.48. The van der Waals surface area contributed by atoms with E-state index < -0.39 is 266 Å². The van der Waals surface area contributed by atoms with Crippen molar-refractivity contribution >= 4 is 87.5 Å². The van der Waals surface area contributed by atoms with Gasteiger partial charge in [-0.15, -0.1) is 0 Å². The molecule has 18 rings (SSSR count). The van der Waals surface area contributed by atoms with Gasteiger partial charge in [0.2, 0.25) is 0 Å². The molecule has 0 unspecified atom stereocenters. The third-order valence-corrected chi connectivity index (χ3v) is 14.2. The quantitative estimate of drug-likeness (QED) is 0.148. The molecule has 0 aliphatic carbocycles. The van der Waals surface area contributed by atoms with E-state index in [0.717, 1.165) is 15.7 Å². The zero-order chi connectivity index (χ0) is 87.7. The zero-order valence-electron chi connectivity index (χ0n) is 78.5. The molecule has 12 aromatic carbocycles. The number of furan rings is 2. The predicted octanol–water partition coefficient (Wildman–Crippen LogP) is 19.7. The van der Waals surface area contributed by atoms with Crippen molar-refractivity contribution < 1.29 is 55.4 Å². The molecular formula is C78H48N8O2. The molecule has 0 saturated heterocycles. The van der Waals surface area contributed by atoms with Crippen LogP contribution in [0.25, 0.3) is 167 Å². The molecule has 0 aliphatic heterocycles. The molecule has 0 radical (unpaired) electrons. The van der Waals surface area contributed by atoms with Gasteiger partial charge in [0.15, 0.2) is 46.1 Å². The van der Waals surface area contributed by atoms with Gasteiger partial charge in [0.05, 0.1) is 68.7 Å². The van der Waals surface area contributed by atoms with Crippen LogP contribution in [0.1, 0.15) is 46.6 Å². The van der Waals surface area contributed by atoms with Gasteiger partial charge in [0.25, 0.3) is 0 Å². The summed E-state index contributed by atoms with van der Waals surface area (Å²) in [5.41, 5.74) is -2.38. The fourth-order valence-corrected chi connectivity index (χ4v) is 10.3. The van der Waals surface area contributed by atoms with Crippen molar-refractivity contribution in [1.82, 2.24) is 39.0 Å². The smallest absolute Gasteiger partial charge is 0.164 e. The molecule has 0 spiro atoms. The summed E-state index contributed by atoms with van der Waals surface area (Å²) in [5, 5.41) is -1.65. The summed E-state index contributed by atoms with van der Waals surface area (Å²) in [6, 6.07) is 1.49. The number of aromatic nitrogens is 8. The number of hydrogen-bond donors (Lipinski definition) is 0. The first-order valence-corrected chi connectivity index (χ1v) is 26.5. The van der Waals surface area contributed by atoms with E-state index in [1.807, 2.05) is 60.7 Å². The Morgan fingerprint density at radius 2 is 0.591 bits per heavy atom. The standard InChI is InChI=1S/2C39H24N4O/c2*1-3-11-25(12-4-1)37-40-38(26-13-5-2-6-14-26)42-39(41-37)27-19-21-28(22-20-27)43-33-17-9-7-15-29(33)31-23-24-32-30-16-8-10-18-34(30)44-36(32)35(31)43/h2*1-24H/i1D,2D,3D,4D,5D,6D,7D,8D,9D,10D,11D,12D,13D,14D,15D,16D,17D,18D,19D,20D,21D,22D,23D,24D;7D,8D,9D,10D,15D,16D,17D,18D,23D,24D. The lowest BCUT2D eigenvalue weighted by Crippen LogP contribution is -2.00. The monoisotopic (exact) mass is 1160 g/mol. The summed E-state index contributed by atoms with van der Waals surface area (Å²) < 4.78 is 310. The van der Waals surface area contributed by atoms with Gasteiger partial charge >= 0.3 is 0 Å². The highest BCUT2D eigenvalue weighted by molar-refractivity contribution is 6.23. The Labute approximate surface area is 551 Å². The Hall–Kier alpha value is -12.1. The van der Waals surface area contributed by atoms with Crippen LogP contribution in [0.5, 0.6) is 0 Å². The molecule has 0 aliphatic rings. The van der Waals surface area contributed by atoms with Crippen LogP contribution in [-0.4, -0.2) is 39.0 Å². The van der Waals surface area contributed by atoms with Crippen LogP contribution in [0.4, 0.5) is 0 Å². The molecule has 10 nitrogen and oxygen atoms in total.